The van der Waals surface area contributed by atoms with Crippen LogP contribution in [0.1, 0.15) is 48.9 Å². The van der Waals surface area contributed by atoms with Crippen molar-refractivity contribution >= 4 is 11.9 Å². The normalized spacial score (nSPS) is 16.9. The van der Waals surface area contributed by atoms with Gasteiger partial charge in [0.15, 0.2) is 0 Å². The van der Waals surface area contributed by atoms with Crippen molar-refractivity contribution < 1.29 is 19.2 Å². The van der Waals surface area contributed by atoms with Crippen molar-refractivity contribution in [1.82, 2.24) is 10.1 Å². The molecular formula is C13H18N2O4. The first-order valence-corrected chi connectivity index (χ1v) is 6.47. The maximum atomic E-state index is 12.2. The van der Waals surface area contributed by atoms with E-state index in [4.69, 9.17) is 9.63 Å². The van der Waals surface area contributed by atoms with Crippen molar-refractivity contribution in [1.29, 1.82) is 0 Å². The van der Waals surface area contributed by atoms with E-state index in [0.717, 1.165) is 5.69 Å². The summed E-state index contributed by atoms with van der Waals surface area (Å²) in [5, 5.41) is 12.8. The highest BCUT2D eigenvalue weighted by molar-refractivity contribution is 5.91. The lowest BCUT2D eigenvalue weighted by atomic mass is 9.97. The summed E-state index contributed by atoms with van der Waals surface area (Å²) in [4.78, 5) is 24.6. The standard InChI is InChI=1S/C13H18N2O4/c1-8(2)10-7-11(19-14-10)12(16)15-5-3-9(4-6-15)13(17)18/h7-9H,3-6H2,1-2H3,(H,17,18). The number of carbonyl (C=O) groups excluding carboxylic acids is 1. The summed E-state index contributed by atoms with van der Waals surface area (Å²) < 4.78 is 5.06. The van der Waals surface area contributed by atoms with Gasteiger partial charge in [0.25, 0.3) is 5.91 Å². The van der Waals surface area contributed by atoms with E-state index in [1.165, 1.54) is 0 Å². The molecule has 2 rings (SSSR count). The van der Waals surface area contributed by atoms with Crippen LogP contribution in [0.15, 0.2) is 10.6 Å². The van der Waals surface area contributed by atoms with E-state index in [1.54, 1.807) is 11.0 Å². The van der Waals surface area contributed by atoms with Crippen molar-refractivity contribution in [3.05, 3.63) is 17.5 Å². The second-order valence-corrected chi connectivity index (χ2v) is 5.18. The minimum Gasteiger partial charge on any atom is -0.481 e. The monoisotopic (exact) mass is 266 g/mol. The van der Waals surface area contributed by atoms with E-state index < -0.39 is 5.97 Å². The van der Waals surface area contributed by atoms with E-state index in [9.17, 15) is 9.59 Å². The molecule has 1 aliphatic rings. The molecule has 0 unspecified atom stereocenters. The molecule has 1 aliphatic heterocycles. The van der Waals surface area contributed by atoms with Crippen LogP contribution < -0.4 is 0 Å². The Morgan fingerprint density at radius 1 is 1.42 bits per heavy atom. The number of nitrogens with zero attached hydrogens (tertiary/aromatic N) is 2. The third-order valence-electron chi connectivity index (χ3n) is 3.46. The van der Waals surface area contributed by atoms with Crippen molar-refractivity contribution in [3.63, 3.8) is 0 Å². The molecule has 6 heteroatoms. The zero-order valence-electron chi connectivity index (χ0n) is 11.1. The highest BCUT2D eigenvalue weighted by atomic mass is 16.5. The average Bonchev–Trinajstić information content (AvgIpc) is 2.87. The van der Waals surface area contributed by atoms with Crippen molar-refractivity contribution in [2.75, 3.05) is 13.1 Å². The minimum absolute atomic E-state index is 0.205. The molecule has 1 fully saturated rings. The quantitative estimate of drug-likeness (QED) is 0.900. The fourth-order valence-electron chi connectivity index (χ4n) is 2.15. The Morgan fingerprint density at radius 3 is 2.53 bits per heavy atom. The van der Waals surface area contributed by atoms with Crippen LogP contribution in [0.25, 0.3) is 0 Å². The van der Waals surface area contributed by atoms with E-state index in [-0.39, 0.29) is 23.5 Å². The Bertz CT molecular complexity index is 473. The molecule has 0 bridgehead atoms. The molecule has 1 amide bonds. The van der Waals surface area contributed by atoms with Crippen LogP contribution >= 0.6 is 0 Å². The predicted molar refractivity (Wildman–Crippen MR) is 66.9 cm³/mol. The van der Waals surface area contributed by atoms with Crippen LogP contribution in [0, 0.1) is 5.92 Å². The molecule has 0 aliphatic carbocycles. The van der Waals surface area contributed by atoms with E-state index >= 15 is 0 Å². The number of carboxylic acid groups (broad SMARTS) is 1. The lowest BCUT2D eigenvalue weighted by Gasteiger charge is -2.29. The van der Waals surface area contributed by atoms with Gasteiger partial charge in [-0.25, -0.2) is 0 Å². The Hall–Kier alpha value is -1.85. The number of rotatable bonds is 3. The molecule has 1 N–H and O–H groups in total. The lowest BCUT2D eigenvalue weighted by Crippen LogP contribution is -2.40. The molecular weight excluding hydrogens is 248 g/mol. The highest BCUT2D eigenvalue weighted by Crippen LogP contribution is 2.20. The van der Waals surface area contributed by atoms with Crippen molar-refractivity contribution in [3.8, 4) is 0 Å². The predicted octanol–water partition coefficient (Wildman–Crippen LogP) is 1.73. The van der Waals surface area contributed by atoms with Gasteiger partial charge in [-0.15, -0.1) is 0 Å². The largest absolute Gasteiger partial charge is 0.481 e. The zero-order chi connectivity index (χ0) is 14.0. The topological polar surface area (TPSA) is 83.6 Å². The molecule has 6 nitrogen and oxygen atoms in total. The SMILES string of the molecule is CC(C)c1cc(C(=O)N2CCC(C(=O)O)CC2)on1. The van der Waals surface area contributed by atoms with Gasteiger partial charge >= 0.3 is 5.97 Å². The van der Waals surface area contributed by atoms with Crippen LogP contribution in [0.5, 0.6) is 0 Å². The third-order valence-corrected chi connectivity index (χ3v) is 3.46. The summed E-state index contributed by atoms with van der Waals surface area (Å²) in [5.74, 6) is -0.886. The summed E-state index contributed by atoms with van der Waals surface area (Å²) in [6, 6.07) is 1.66. The van der Waals surface area contributed by atoms with Gasteiger partial charge in [-0.05, 0) is 18.8 Å². The van der Waals surface area contributed by atoms with Gasteiger partial charge in [-0.2, -0.15) is 0 Å². The maximum Gasteiger partial charge on any atom is 0.306 e. The summed E-state index contributed by atoms with van der Waals surface area (Å²) >= 11 is 0. The molecule has 1 aromatic heterocycles. The number of aliphatic carboxylic acids is 1. The summed E-state index contributed by atoms with van der Waals surface area (Å²) in [7, 11) is 0. The summed E-state index contributed by atoms with van der Waals surface area (Å²) in [5.41, 5.74) is 0.753. The third kappa shape index (κ3) is 2.94. The second kappa shape index (κ2) is 5.42. The molecule has 19 heavy (non-hydrogen) atoms. The first kappa shape index (κ1) is 13.6. The number of hydrogen-bond donors (Lipinski definition) is 1. The molecule has 104 valence electrons. The van der Waals surface area contributed by atoms with Crippen molar-refractivity contribution in [2.24, 2.45) is 5.92 Å². The second-order valence-electron chi connectivity index (χ2n) is 5.18. The molecule has 0 atom stereocenters. The molecule has 0 saturated carbocycles. The van der Waals surface area contributed by atoms with Crippen LogP contribution in [-0.2, 0) is 4.79 Å². The number of aromatic nitrogens is 1. The van der Waals surface area contributed by atoms with Crippen LogP contribution in [-0.4, -0.2) is 40.1 Å². The van der Waals surface area contributed by atoms with Gasteiger partial charge < -0.3 is 14.5 Å². The number of piperidine rings is 1. The Kier molecular flexibility index (Phi) is 3.87. The van der Waals surface area contributed by atoms with Crippen LogP contribution in [0.2, 0.25) is 0 Å². The summed E-state index contributed by atoms with van der Waals surface area (Å²) in [6.07, 6.45) is 0.985. The first-order valence-electron chi connectivity index (χ1n) is 6.47. The highest BCUT2D eigenvalue weighted by Gasteiger charge is 2.29. The molecule has 0 radical (unpaired) electrons. The van der Waals surface area contributed by atoms with Gasteiger partial charge in [-0.1, -0.05) is 19.0 Å². The van der Waals surface area contributed by atoms with Gasteiger partial charge in [0.2, 0.25) is 5.76 Å². The fourth-order valence-corrected chi connectivity index (χ4v) is 2.15. The summed E-state index contributed by atoms with van der Waals surface area (Å²) in [6.45, 7) is 4.86. The number of carbonyl (C=O) groups is 2. The number of carboxylic acids is 1. The number of amides is 1. The Labute approximate surface area is 111 Å². The van der Waals surface area contributed by atoms with Crippen molar-refractivity contribution in [2.45, 2.75) is 32.6 Å². The van der Waals surface area contributed by atoms with Crippen LogP contribution in [0.3, 0.4) is 0 Å². The molecule has 1 saturated heterocycles. The molecule has 2 heterocycles. The molecule has 0 spiro atoms. The van der Waals surface area contributed by atoms with E-state index in [0.29, 0.717) is 25.9 Å². The number of likely N-dealkylation sites (tertiary alicyclic amines) is 1. The lowest BCUT2D eigenvalue weighted by molar-refractivity contribution is -0.143. The molecule has 0 aromatic carbocycles. The average molecular weight is 266 g/mol. The first-order chi connectivity index (χ1) is 8.99. The van der Waals surface area contributed by atoms with E-state index in [1.807, 2.05) is 13.8 Å². The fraction of sp³-hybridized carbons (Fsp3) is 0.615. The Balaban J connectivity index is 1.99. The van der Waals surface area contributed by atoms with Crippen LogP contribution in [0.4, 0.5) is 0 Å². The van der Waals surface area contributed by atoms with Gasteiger partial charge in [0.05, 0.1) is 11.6 Å². The minimum atomic E-state index is -0.783. The maximum absolute atomic E-state index is 12.2. The zero-order valence-corrected chi connectivity index (χ0v) is 11.1. The van der Waals surface area contributed by atoms with Gasteiger partial charge in [0.1, 0.15) is 0 Å². The number of hydrogen-bond acceptors (Lipinski definition) is 4. The van der Waals surface area contributed by atoms with Gasteiger partial charge in [-0.3, -0.25) is 9.59 Å². The molecule has 1 aromatic rings. The Morgan fingerprint density at radius 2 is 2.05 bits per heavy atom. The van der Waals surface area contributed by atoms with E-state index in [2.05, 4.69) is 5.16 Å². The van der Waals surface area contributed by atoms with Gasteiger partial charge in [0, 0.05) is 19.2 Å². The smallest absolute Gasteiger partial charge is 0.306 e.